The standard InChI is InChI=1S/C21H26FN5O/c1-21(2,28)18-10-16(22)7-8-17(18)20-19(24-26(3)25-20)9-6-15-11-23-27(13-15)12-14-4-5-14/h7-8,10-11,13-14,28H,4-6,9,12H2,1-3H3. The van der Waals surface area contributed by atoms with Crippen LogP contribution in [-0.2, 0) is 32.0 Å². The molecule has 1 aliphatic carbocycles. The third kappa shape index (κ3) is 4.14. The van der Waals surface area contributed by atoms with Crippen LogP contribution in [0.2, 0.25) is 0 Å². The van der Waals surface area contributed by atoms with Gasteiger partial charge in [0.25, 0.3) is 0 Å². The molecule has 1 fully saturated rings. The average Bonchev–Trinajstić information content (AvgIpc) is 3.19. The second-order valence-corrected chi connectivity index (χ2v) is 8.25. The molecule has 0 saturated heterocycles. The van der Waals surface area contributed by atoms with Crippen LogP contribution in [0, 0.1) is 11.7 Å². The number of rotatable bonds is 7. The molecule has 1 aromatic carbocycles. The average molecular weight is 383 g/mol. The Morgan fingerprint density at radius 1 is 1.21 bits per heavy atom. The molecule has 0 spiro atoms. The van der Waals surface area contributed by atoms with Gasteiger partial charge in [0, 0.05) is 25.4 Å². The van der Waals surface area contributed by atoms with E-state index in [4.69, 9.17) is 0 Å². The SMILES string of the molecule is Cn1nc(CCc2cnn(CC3CC3)c2)c(-c2ccc(F)cc2C(C)(C)O)n1. The molecule has 1 saturated carbocycles. The van der Waals surface area contributed by atoms with Gasteiger partial charge in [-0.15, -0.1) is 0 Å². The first-order valence-corrected chi connectivity index (χ1v) is 9.74. The topological polar surface area (TPSA) is 68.8 Å². The number of hydrogen-bond acceptors (Lipinski definition) is 4. The van der Waals surface area contributed by atoms with E-state index in [1.807, 2.05) is 10.9 Å². The molecule has 1 aliphatic rings. The Morgan fingerprint density at radius 3 is 2.71 bits per heavy atom. The summed E-state index contributed by atoms with van der Waals surface area (Å²) in [5.41, 5.74) is 2.71. The molecule has 6 nitrogen and oxygen atoms in total. The quantitative estimate of drug-likeness (QED) is 0.680. The zero-order chi connectivity index (χ0) is 19.9. The van der Waals surface area contributed by atoms with E-state index < -0.39 is 5.60 Å². The minimum Gasteiger partial charge on any atom is -0.386 e. The summed E-state index contributed by atoms with van der Waals surface area (Å²) in [5.74, 6) is 0.410. The zero-order valence-corrected chi connectivity index (χ0v) is 16.6. The molecule has 2 aromatic heterocycles. The maximum atomic E-state index is 13.8. The fraction of sp³-hybridized carbons (Fsp3) is 0.476. The minimum atomic E-state index is -1.18. The van der Waals surface area contributed by atoms with Crippen LogP contribution in [0.25, 0.3) is 11.3 Å². The molecule has 4 rings (SSSR count). The van der Waals surface area contributed by atoms with E-state index >= 15 is 0 Å². The monoisotopic (exact) mass is 383 g/mol. The number of benzene rings is 1. The normalized spacial score (nSPS) is 14.6. The van der Waals surface area contributed by atoms with Crippen LogP contribution in [0.3, 0.4) is 0 Å². The molecule has 28 heavy (non-hydrogen) atoms. The van der Waals surface area contributed by atoms with Gasteiger partial charge in [-0.3, -0.25) is 4.68 Å². The van der Waals surface area contributed by atoms with E-state index in [-0.39, 0.29) is 5.82 Å². The van der Waals surface area contributed by atoms with Crippen molar-refractivity contribution in [3.05, 3.63) is 53.2 Å². The van der Waals surface area contributed by atoms with Crippen LogP contribution < -0.4 is 0 Å². The smallest absolute Gasteiger partial charge is 0.123 e. The predicted octanol–water partition coefficient (Wildman–Crippen LogP) is 3.24. The Morgan fingerprint density at radius 2 is 2.00 bits per heavy atom. The van der Waals surface area contributed by atoms with Crippen LogP contribution in [-0.4, -0.2) is 29.9 Å². The van der Waals surface area contributed by atoms with Crippen LogP contribution in [0.4, 0.5) is 4.39 Å². The van der Waals surface area contributed by atoms with Crippen molar-refractivity contribution >= 4 is 0 Å². The Kier molecular flexibility index (Phi) is 4.79. The van der Waals surface area contributed by atoms with Crippen molar-refractivity contribution in [2.24, 2.45) is 13.0 Å². The van der Waals surface area contributed by atoms with Crippen molar-refractivity contribution in [2.75, 3.05) is 0 Å². The summed E-state index contributed by atoms with van der Waals surface area (Å²) >= 11 is 0. The largest absolute Gasteiger partial charge is 0.386 e. The van der Waals surface area contributed by atoms with Crippen molar-refractivity contribution in [2.45, 2.75) is 51.7 Å². The lowest BCUT2D eigenvalue weighted by Gasteiger charge is -2.21. The number of nitrogens with zero attached hydrogens (tertiary/aromatic N) is 5. The third-order valence-electron chi connectivity index (χ3n) is 5.16. The highest BCUT2D eigenvalue weighted by Gasteiger charge is 2.25. The lowest BCUT2D eigenvalue weighted by molar-refractivity contribution is 0.0788. The molecule has 1 N–H and O–H groups in total. The summed E-state index contributed by atoms with van der Waals surface area (Å²) in [6.45, 7) is 4.30. The highest BCUT2D eigenvalue weighted by Crippen LogP contribution is 2.33. The molecule has 0 aliphatic heterocycles. The Bertz CT molecular complexity index is 981. The van der Waals surface area contributed by atoms with Crippen molar-refractivity contribution in [1.29, 1.82) is 0 Å². The van der Waals surface area contributed by atoms with Gasteiger partial charge < -0.3 is 5.11 Å². The lowest BCUT2D eigenvalue weighted by Crippen LogP contribution is -2.17. The van der Waals surface area contributed by atoms with Crippen molar-refractivity contribution < 1.29 is 9.50 Å². The number of aryl methyl sites for hydroxylation is 3. The van der Waals surface area contributed by atoms with Gasteiger partial charge in [0.1, 0.15) is 11.5 Å². The molecule has 3 aromatic rings. The lowest BCUT2D eigenvalue weighted by atomic mass is 9.90. The van der Waals surface area contributed by atoms with Crippen molar-refractivity contribution in [3.8, 4) is 11.3 Å². The van der Waals surface area contributed by atoms with Gasteiger partial charge >= 0.3 is 0 Å². The molecule has 2 heterocycles. The summed E-state index contributed by atoms with van der Waals surface area (Å²) < 4.78 is 15.8. The zero-order valence-electron chi connectivity index (χ0n) is 16.6. The van der Waals surface area contributed by atoms with Gasteiger partial charge in [0.05, 0.1) is 17.5 Å². The highest BCUT2D eigenvalue weighted by molar-refractivity contribution is 5.67. The summed E-state index contributed by atoms with van der Waals surface area (Å²) in [6.07, 6.45) is 8.13. The maximum absolute atomic E-state index is 13.8. The number of halogens is 1. The first-order chi connectivity index (χ1) is 13.3. The summed E-state index contributed by atoms with van der Waals surface area (Å²) in [6, 6.07) is 4.43. The Labute approximate surface area is 164 Å². The first-order valence-electron chi connectivity index (χ1n) is 9.74. The second-order valence-electron chi connectivity index (χ2n) is 8.25. The van der Waals surface area contributed by atoms with E-state index in [1.54, 1.807) is 27.0 Å². The van der Waals surface area contributed by atoms with Gasteiger partial charge in [-0.05, 0) is 74.8 Å². The summed E-state index contributed by atoms with van der Waals surface area (Å²) in [4.78, 5) is 1.53. The molecule has 0 radical (unpaired) electrons. The summed E-state index contributed by atoms with van der Waals surface area (Å²) in [5, 5.41) is 24.0. The first kappa shape index (κ1) is 18.8. The van der Waals surface area contributed by atoms with Gasteiger partial charge in [-0.2, -0.15) is 20.1 Å². The van der Waals surface area contributed by atoms with Gasteiger partial charge in [0.2, 0.25) is 0 Å². The van der Waals surface area contributed by atoms with Gasteiger partial charge in [-0.25, -0.2) is 4.39 Å². The maximum Gasteiger partial charge on any atom is 0.123 e. The van der Waals surface area contributed by atoms with Crippen LogP contribution in [0.1, 0.15) is 43.5 Å². The number of hydrogen-bond donors (Lipinski definition) is 1. The van der Waals surface area contributed by atoms with Crippen LogP contribution in [0.5, 0.6) is 0 Å². The van der Waals surface area contributed by atoms with Crippen molar-refractivity contribution in [1.82, 2.24) is 24.8 Å². The van der Waals surface area contributed by atoms with Gasteiger partial charge in [-0.1, -0.05) is 0 Å². The van der Waals surface area contributed by atoms with E-state index in [2.05, 4.69) is 21.5 Å². The molecular weight excluding hydrogens is 357 g/mol. The highest BCUT2D eigenvalue weighted by atomic mass is 19.1. The van der Waals surface area contributed by atoms with Gasteiger partial charge in [0.15, 0.2) is 0 Å². The molecular formula is C21H26FN5O. The number of aromatic nitrogens is 5. The Balaban J connectivity index is 1.58. The molecule has 148 valence electrons. The fourth-order valence-electron chi connectivity index (χ4n) is 3.52. The molecule has 0 unspecified atom stereocenters. The van der Waals surface area contributed by atoms with Crippen LogP contribution >= 0.6 is 0 Å². The Hall–Kier alpha value is -2.54. The third-order valence-corrected chi connectivity index (χ3v) is 5.16. The van der Waals surface area contributed by atoms with E-state index in [1.165, 1.54) is 35.3 Å². The molecule has 7 heteroatoms. The van der Waals surface area contributed by atoms with E-state index in [0.717, 1.165) is 24.6 Å². The second kappa shape index (κ2) is 7.13. The molecule has 0 bridgehead atoms. The van der Waals surface area contributed by atoms with Crippen molar-refractivity contribution in [3.63, 3.8) is 0 Å². The van der Waals surface area contributed by atoms with E-state index in [0.29, 0.717) is 23.2 Å². The number of aliphatic hydroxyl groups is 1. The van der Waals surface area contributed by atoms with Crippen LogP contribution in [0.15, 0.2) is 30.6 Å². The molecule has 0 amide bonds. The minimum absolute atomic E-state index is 0.380. The fourth-order valence-corrected chi connectivity index (χ4v) is 3.52. The molecule has 0 atom stereocenters. The van der Waals surface area contributed by atoms with E-state index in [9.17, 15) is 9.50 Å². The predicted molar refractivity (Wildman–Crippen MR) is 104 cm³/mol. The summed E-state index contributed by atoms with van der Waals surface area (Å²) in [7, 11) is 1.77.